The highest BCUT2D eigenvalue weighted by Crippen LogP contribution is 2.23. The summed E-state index contributed by atoms with van der Waals surface area (Å²) in [6, 6.07) is 8.72. The summed E-state index contributed by atoms with van der Waals surface area (Å²) >= 11 is 0. The molecule has 3 rings (SSSR count). The van der Waals surface area contributed by atoms with Crippen molar-refractivity contribution < 1.29 is 14.3 Å². The first-order valence-corrected chi connectivity index (χ1v) is 10.5. The summed E-state index contributed by atoms with van der Waals surface area (Å²) in [5.41, 5.74) is 1.21. The van der Waals surface area contributed by atoms with E-state index < -0.39 is 0 Å². The van der Waals surface area contributed by atoms with E-state index in [1.54, 1.807) is 7.11 Å². The van der Waals surface area contributed by atoms with E-state index in [-0.39, 0.29) is 42.5 Å². The molecule has 1 heterocycles. The highest BCUT2D eigenvalue weighted by atomic mass is 127. The number of methoxy groups -OCH3 is 1. The van der Waals surface area contributed by atoms with Crippen LogP contribution in [0.4, 0.5) is 0 Å². The Labute approximate surface area is 196 Å². The summed E-state index contributed by atoms with van der Waals surface area (Å²) in [6.07, 6.45) is 2.16. The van der Waals surface area contributed by atoms with Gasteiger partial charge in [-0.1, -0.05) is 12.1 Å². The molecule has 168 valence electrons. The third-order valence-electron chi connectivity index (χ3n) is 5.12. The molecule has 1 amide bonds. The third-order valence-corrected chi connectivity index (χ3v) is 5.12. The number of hydrogen-bond acceptors (Lipinski definition) is 5. The molecule has 3 N–H and O–H groups in total. The quantitative estimate of drug-likeness (QED) is 0.255. The lowest BCUT2D eigenvalue weighted by molar-refractivity contribution is -0.119. The van der Waals surface area contributed by atoms with Gasteiger partial charge in [0.25, 0.3) is 0 Å². The zero-order chi connectivity index (χ0) is 20.5. The Morgan fingerprint density at radius 3 is 2.53 bits per heavy atom. The zero-order valence-corrected chi connectivity index (χ0v) is 20.2. The summed E-state index contributed by atoms with van der Waals surface area (Å²) in [4.78, 5) is 18.8. The molecule has 2 aliphatic rings. The second-order valence-corrected chi connectivity index (χ2v) is 7.36. The highest BCUT2D eigenvalue weighted by Gasteiger charge is 2.24. The van der Waals surface area contributed by atoms with Crippen LogP contribution in [0.15, 0.2) is 29.3 Å². The van der Waals surface area contributed by atoms with E-state index in [9.17, 15) is 4.79 Å². The number of rotatable bonds is 9. The molecular weight excluding hydrogens is 497 g/mol. The van der Waals surface area contributed by atoms with Gasteiger partial charge in [-0.25, -0.2) is 4.99 Å². The second kappa shape index (κ2) is 13.0. The largest absolute Gasteiger partial charge is 0.497 e. The SMILES string of the molecule is CCNC(=NCC(=O)NC1CC1)NCC(c1ccc(OC)cc1)N1CCOCC1.I. The van der Waals surface area contributed by atoms with E-state index in [0.29, 0.717) is 18.5 Å². The first-order chi connectivity index (χ1) is 14.2. The van der Waals surface area contributed by atoms with Crippen molar-refractivity contribution in [3.05, 3.63) is 29.8 Å². The van der Waals surface area contributed by atoms with Crippen molar-refractivity contribution in [3.8, 4) is 5.75 Å². The molecule has 1 saturated heterocycles. The van der Waals surface area contributed by atoms with E-state index in [1.165, 1.54) is 5.56 Å². The Kier molecular flexibility index (Phi) is 10.7. The lowest BCUT2D eigenvalue weighted by atomic mass is 10.0. The number of amides is 1. The van der Waals surface area contributed by atoms with Crippen molar-refractivity contribution in [1.29, 1.82) is 0 Å². The smallest absolute Gasteiger partial charge is 0.242 e. The molecule has 1 unspecified atom stereocenters. The van der Waals surface area contributed by atoms with Crippen LogP contribution in [-0.2, 0) is 9.53 Å². The van der Waals surface area contributed by atoms with Gasteiger partial charge in [-0.05, 0) is 37.5 Å². The van der Waals surface area contributed by atoms with Gasteiger partial charge >= 0.3 is 0 Å². The number of morpholine rings is 1. The molecule has 1 aliphatic carbocycles. The predicted molar refractivity (Wildman–Crippen MR) is 129 cm³/mol. The van der Waals surface area contributed by atoms with E-state index in [2.05, 4.69) is 38.0 Å². The molecule has 1 saturated carbocycles. The number of carbonyl (C=O) groups excluding carboxylic acids is 1. The maximum Gasteiger partial charge on any atom is 0.242 e. The maximum absolute atomic E-state index is 12.0. The van der Waals surface area contributed by atoms with Gasteiger partial charge < -0.3 is 25.4 Å². The number of guanidine groups is 1. The van der Waals surface area contributed by atoms with Crippen molar-refractivity contribution in [1.82, 2.24) is 20.9 Å². The number of ether oxygens (including phenoxy) is 2. The third kappa shape index (κ3) is 7.92. The Balaban J connectivity index is 0.00000320. The van der Waals surface area contributed by atoms with Crippen LogP contribution < -0.4 is 20.7 Å². The van der Waals surface area contributed by atoms with Gasteiger partial charge in [-0.15, -0.1) is 24.0 Å². The normalized spacial score (nSPS) is 18.1. The first kappa shape index (κ1) is 24.7. The number of halogens is 1. The summed E-state index contributed by atoms with van der Waals surface area (Å²) in [6.45, 7) is 6.82. The average Bonchev–Trinajstić information content (AvgIpc) is 3.57. The zero-order valence-electron chi connectivity index (χ0n) is 17.9. The molecule has 1 atom stereocenters. The topological polar surface area (TPSA) is 87.2 Å². The Morgan fingerprint density at radius 2 is 1.93 bits per heavy atom. The van der Waals surface area contributed by atoms with Gasteiger partial charge in [0.05, 0.1) is 26.4 Å². The van der Waals surface area contributed by atoms with E-state index in [1.807, 2.05) is 19.1 Å². The highest BCUT2D eigenvalue weighted by molar-refractivity contribution is 14.0. The standard InChI is InChI=1S/C21H33N5O3.HI/c1-3-22-21(24-15-20(27)25-17-6-7-17)23-14-19(26-10-12-29-13-11-26)16-4-8-18(28-2)9-5-16;/h4-5,8-9,17,19H,3,6-7,10-15H2,1-2H3,(H,25,27)(H2,22,23,24);1H. The molecule has 1 aromatic carbocycles. The maximum atomic E-state index is 12.0. The molecule has 0 spiro atoms. The summed E-state index contributed by atoms with van der Waals surface area (Å²) < 4.78 is 10.8. The Bertz CT molecular complexity index is 676. The molecule has 0 radical (unpaired) electrons. The second-order valence-electron chi connectivity index (χ2n) is 7.36. The number of nitrogens with one attached hydrogen (secondary N) is 3. The van der Waals surface area contributed by atoms with Gasteiger partial charge in [0.1, 0.15) is 12.3 Å². The Morgan fingerprint density at radius 1 is 1.23 bits per heavy atom. The lowest BCUT2D eigenvalue weighted by Gasteiger charge is -2.35. The van der Waals surface area contributed by atoms with Crippen LogP contribution in [0.5, 0.6) is 5.75 Å². The fraction of sp³-hybridized carbons (Fsp3) is 0.619. The van der Waals surface area contributed by atoms with Crippen LogP contribution in [0.1, 0.15) is 31.4 Å². The molecule has 8 nitrogen and oxygen atoms in total. The van der Waals surface area contributed by atoms with Crippen LogP contribution in [0, 0.1) is 0 Å². The van der Waals surface area contributed by atoms with Crippen molar-refractivity contribution in [2.45, 2.75) is 31.8 Å². The fourth-order valence-corrected chi connectivity index (χ4v) is 3.36. The molecular formula is C21H34IN5O3. The van der Waals surface area contributed by atoms with E-state index in [0.717, 1.165) is 51.4 Å². The number of nitrogens with zero attached hydrogens (tertiary/aromatic N) is 2. The number of benzene rings is 1. The molecule has 0 bridgehead atoms. The number of hydrogen-bond donors (Lipinski definition) is 3. The van der Waals surface area contributed by atoms with Crippen LogP contribution in [-0.4, -0.2) is 75.9 Å². The van der Waals surface area contributed by atoms with Gasteiger partial charge in [-0.3, -0.25) is 9.69 Å². The van der Waals surface area contributed by atoms with Crippen LogP contribution in [0.2, 0.25) is 0 Å². The fourth-order valence-electron chi connectivity index (χ4n) is 3.36. The minimum atomic E-state index is -0.0235. The van der Waals surface area contributed by atoms with E-state index in [4.69, 9.17) is 9.47 Å². The van der Waals surface area contributed by atoms with Gasteiger partial charge in [0.15, 0.2) is 5.96 Å². The molecule has 30 heavy (non-hydrogen) atoms. The number of aliphatic imine (C=N–C) groups is 1. The van der Waals surface area contributed by atoms with Crippen molar-refractivity contribution in [3.63, 3.8) is 0 Å². The summed E-state index contributed by atoms with van der Waals surface area (Å²) in [5, 5.41) is 9.61. The van der Waals surface area contributed by atoms with Crippen molar-refractivity contribution >= 4 is 35.8 Å². The van der Waals surface area contributed by atoms with Crippen LogP contribution in [0.3, 0.4) is 0 Å². The van der Waals surface area contributed by atoms with Gasteiger partial charge in [-0.2, -0.15) is 0 Å². The number of carbonyl (C=O) groups is 1. The van der Waals surface area contributed by atoms with Gasteiger partial charge in [0.2, 0.25) is 5.91 Å². The van der Waals surface area contributed by atoms with Gasteiger partial charge in [0, 0.05) is 32.2 Å². The van der Waals surface area contributed by atoms with Crippen LogP contribution in [0.25, 0.3) is 0 Å². The molecule has 2 fully saturated rings. The molecule has 1 aromatic rings. The Hall–Kier alpha value is -1.59. The van der Waals surface area contributed by atoms with Crippen molar-refractivity contribution in [2.24, 2.45) is 4.99 Å². The monoisotopic (exact) mass is 531 g/mol. The first-order valence-electron chi connectivity index (χ1n) is 10.5. The summed E-state index contributed by atoms with van der Waals surface area (Å²) in [5.74, 6) is 1.48. The minimum Gasteiger partial charge on any atom is -0.497 e. The predicted octanol–water partition coefficient (Wildman–Crippen LogP) is 1.52. The summed E-state index contributed by atoms with van der Waals surface area (Å²) in [7, 11) is 1.68. The lowest BCUT2D eigenvalue weighted by Crippen LogP contribution is -2.46. The van der Waals surface area contributed by atoms with Crippen LogP contribution >= 0.6 is 24.0 Å². The molecule has 0 aromatic heterocycles. The minimum absolute atomic E-state index is 0. The van der Waals surface area contributed by atoms with Crippen molar-refractivity contribution in [2.75, 3.05) is 53.0 Å². The average molecular weight is 531 g/mol. The van der Waals surface area contributed by atoms with E-state index >= 15 is 0 Å². The molecule has 9 heteroatoms. The molecule has 1 aliphatic heterocycles.